The molecule has 0 radical (unpaired) electrons. The Morgan fingerprint density at radius 3 is 2.78 bits per heavy atom. The topological polar surface area (TPSA) is 106 Å². The number of alkyl halides is 1. The van der Waals surface area contributed by atoms with Gasteiger partial charge in [-0.25, -0.2) is 4.98 Å². The number of halogens is 1. The van der Waals surface area contributed by atoms with Crippen molar-refractivity contribution in [3.8, 4) is 5.88 Å². The number of nitrogens with zero attached hydrogens (tertiary/aromatic N) is 2. The van der Waals surface area contributed by atoms with Crippen LogP contribution in [0.5, 0.6) is 5.88 Å². The summed E-state index contributed by atoms with van der Waals surface area (Å²) in [5.41, 5.74) is -0.170. The largest absolute Gasteiger partial charge is 0.476 e. The number of aromatic nitrogens is 1. The molecule has 2 N–H and O–H groups in total. The molecule has 0 spiro atoms. The maximum Gasteiger partial charge on any atom is 0.331 e. The van der Waals surface area contributed by atoms with Gasteiger partial charge in [0, 0.05) is 23.2 Å². The Balaban J connectivity index is 3.04. The van der Waals surface area contributed by atoms with Crippen LogP contribution in [-0.4, -0.2) is 38.7 Å². The van der Waals surface area contributed by atoms with Crippen LogP contribution in [0.15, 0.2) is 12.3 Å². The lowest BCUT2D eigenvalue weighted by molar-refractivity contribution is -0.386. The van der Waals surface area contributed by atoms with E-state index in [1.54, 1.807) is 0 Å². The lowest BCUT2D eigenvalue weighted by Crippen LogP contribution is -2.19. The SMILES string of the molecule is COc1ncc(C(O)C(O)CCBr)cc1[N+](=O)[O-]. The predicted molar refractivity (Wildman–Crippen MR) is 66.8 cm³/mol. The minimum absolute atomic E-state index is 0.133. The van der Waals surface area contributed by atoms with Gasteiger partial charge in [0.05, 0.1) is 18.1 Å². The molecule has 0 aliphatic heterocycles. The first-order chi connectivity index (χ1) is 8.51. The number of ether oxygens (including phenoxy) is 1. The Labute approximate surface area is 112 Å². The summed E-state index contributed by atoms with van der Waals surface area (Å²) in [6, 6.07) is 1.15. The van der Waals surface area contributed by atoms with Crippen LogP contribution in [0.4, 0.5) is 5.69 Å². The van der Waals surface area contributed by atoms with Crippen LogP contribution in [0.2, 0.25) is 0 Å². The Bertz CT molecular complexity index is 429. The molecule has 0 bridgehead atoms. The second-order valence-electron chi connectivity index (χ2n) is 3.54. The van der Waals surface area contributed by atoms with E-state index in [1.165, 1.54) is 13.3 Å². The quantitative estimate of drug-likeness (QED) is 0.463. The number of nitro groups is 1. The molecule has 0 fully saturated rings. The highest BCUT2D eigenvalue weighted by atomic mass is 79.9. The fourth-order valence-electron chi connectivity index (χ4n) is 1.40. The minimum atomic E-state index is -1.22. The molecular weight excluding hydrogens is 308 g/mol. The molecule has 0 aromatic carbocycles. The Hall–Kier alpha value is -1.25. The number of hydrogen-bond acceptors (Lipinski definition) is 6. The molecule has 100 valence electrons. The summed E-state index contributed by atoms with van der Waals surface area (Å²) in [5.74, 6) is -0.133. The summed E-state index contributed by atoms with van der Waals surface area (Å²) >= 11 is 3.14. The molecule has 1 aromatic rings. The number of hydrogen-bond donors (Lipinski definition) is 2. The Morgan fingerprint density at radius 2 is 2.28 bits per heavy atom. The second-order valence-corrected chi connectivity index (χ2v) is 4.34. The van der Waals surface area contributed by atoms with Crippen molar-refractivity contribution in [2.75, 3.05) is 12.4 Å². The molecule has 0 saturated heterocycles. The normalized spacial score (nSPS) is 14.0. The van der Waals surface area contributed by atoms with Crippen LogP contribution in [0.25, 0.3) is 0 Å². The van der Waals surface area contributed by atoms with Gasteiger partial charge in [0.15, 0.2) is 0 Å². The molecule has 0 aliphatic rings. The highest BCUT2D eigenvalue weighted by molar-refractivity contribution is 9.09. The lowest BCUT2D eigenvalue weighted by Gasteiger charge is -2.16. The number of methoxy groups -OCH3 is 1. The van der Waals surface area contributed by atoms with E-state index in [0.29, 0.717) is 11.8 Å². The molecule has 1 aromatic heterocycles. The summed E-state index contributed by atoms with van der Waals surface area (Å²) in [5, 5.41) is 30.7. The summed E-state index contributed by atoms with van der Waals surface area (Å²) in [4.78, 5) is 13.9. The van der Waals surface area contributed by atoms with Crippen LogP contribution in [0, 0.1) is 10.1 Å². The minimum Gasteiger partial charge on any atom is -0.476 e. The standard InChI is InChI=1S/C10H13BrN2O5/c1-18-10-7(13(16)17)4-6(5-12-10)9(15)8(14)2-3-11/h4-5,8-9,14-15H,2-3H2,1H3. The molecule has 0 amide bonds. The highest BCUT2D eigenvalue weighted by Gasteiger charge is 2.23. The second kappa shape index (κ2) is 6.62. The maximum absolute atomic E-state index is 10.8. The average molecular weight is 321 g/mol. The summed E-state index contributed by atoms with van der Waals surface area (Å²) < 4.78 is 4.74. The van der Waals surface area contributed by atoms with Gasteiger partial charge in [0.25, 0.3) is 5.88 Å². The van der Waals surface area contributed by atoms with E-state index in [9.17, 15) is 20.3 Å². The van der Waals surface area contributed by atoms with Crippen LogP contribution >= 0.6 is 15.9 Å². The molecule has 2 atom stereocenters. The van der Waals surface area contributed by atoms with Crippen LogP contribution < -0.4 is 4.74 Å². The summed E-state index contributed by atoms with van der Waals surface area (Å²) in [7, 11) is 1.27. The van der Waals surface area contributed by atoms with Gasteiger partial charge in [0.1, 0.15) is 6.10 Å². The van der Waals surface area contributed by atoms with Gasteiger partial charge < -0.3 is 14.9 Å². The summed E-state index contributed by atoms with van der Waals surface area (Å²) in [6.45, 7) is 0. The zero-order chi connectivity index (χ0) is 13.7. The first kappa shape index (κ1) is 14.8. The van der Waals surface area contributed by atoms with Gasteiger partial charge >= 0.3 is 5.69 Å². The van der Waals surface area contributed by atoms with Crippen molar-refractivity contribution < 1.29 is 19.9 Å². The number of aliphatic hydroxyl groups excluding tert-OH is 2. The Kier molecular flexibility index (Phi) is 5.45. The number of rotatable bonds is 6. The van der Waals surface area contributed by atoms with Crippen molar-refractivity contribution in [3.63, 3.8) is 0 Å². The van der Waals surface area contributed by atoms with Crippen molar-refractivity contribution in [1.29, 1.82) is 0 Å². The van der Waals surface area contributed by atoms with Crippen molar-refractivity contribution in [2.45, 2.75) is 18.6 Å². The Morgan fingerprint density at radius 1 is 1.61 bits per heavy atom. The van der Waals surface area contributed by atoms with Crippen molar-refractivity contribution in [2.24, 2.45) is 0 Å². The highest BCUT2D eigenvalue weighted by Crippen LogP contribution is 2.28. The average Bonchev–Trinajstić information content (AvgIpc) is 2.37. The molecule has 8 heteroatoms. The third kappa shape index (κ3) is 3.37. The zero-order valence-corrected chi connectivity index (χ0v) is 11.2. The van der Waals surface area contributed by atoms with E-state index in [-0.39, 0.29) is 17.1 Å². The van der Waals surface area contributed by atoms with E-state index in [4.69, 9.17) is 4.74 Å². The van der Waals surface area contributed by atoms with Gasteiger partial charge in [-0.05, 0) is 6.42 Å². The monoisotopic (exact) mass is 320 g/mol. The zero-order valence-electron chi connectivity index (χ0n) is 9.62. The van der Waals surface area contributed by atoms with Gasteiger partial charge in [-0.3, -0.25) is 10.1 Å². The smallest absolute Gasteiger partial charge is 0.331 e. The van der Waals surface area contributed by atoms with Crippen LogP contribution in [-0.2, 0) is 0 Å². The van der Waals surface area contributed by atoms with E-state index < -0.39 is 17.1 Å². The van der Waals surface area contributed by atoms with Crippen molar-refractivity contribution in [3.05, 3.63) is 27.9 Å². The maximum atomic E-state index is 10.8. The fraction of sp³-hybridized carbons (Fsp3) is 0.500. The molecule has 18 heavy (non-hydrogen) atoms. The third-order valence-electron chi connectivity index (χ3n) is 2.35. The van der Waals surface area contributed by atoms with E-state index in [0.717, 1.165) is 6.07 Å². The van der Waals surface area contributed by atoms with Gasteiger partial charge in [-0.2, -0.15) is 0 Å². The van der Waals surface area contributed by atoms with Crippen LogP contribution in [0.1, 0.15) is 18.1 Å². The van der Waals surface area contributed by atoms with Crippen molar-refractivity contribution in [1.82, 2.24) is 4.98 Å². The van der Waals surface area contributed by atoms with Gasteiger partial charge in [0.2, 0.25) is 0 Å². The molecule has 7 nitrogen and oxygen atoms in total. The van der Waals surface area contributed by atoms with E-state index >= 15 is 0 Å². The fourth-order valence-corrected chi connectivity index (χ4v) is 1.87. The molecule has 0 saturated carbocycles. The first-order valence-corrected chi connectivity index (χ1v) is 6.23. The summed E-state index contributed by atoms with van der Waals surface area (Å²) in [6.07, 6.45) is -0.673. The molecule has 0 aliphatic carbocycles. The first-order valence-electron chi connectivity index (χ1n) is 5.11. The van der Waals surface area contributed by atoms with Gasteiger partial charge in [-0.1, -0.05) is 15.9 Å². The van der Waals surface area contributed by atoms with Gasteiger partial charge in [-0.15, -0.1) is 0 Å². The predicted octanol–water partition coefficient (Wildman–Crippen LogP) is 1.18. The molecule has 1 heterocycles. The number of aliphatic hydroxyl groups is 2. The molecule has 1 rings (SSSR count). The molecule has 2 unspecified atom stereocenters. The van der Waals surface area contributed by atoms with Crippen molar-refractivity contribution >= 4 is 21.6 Å². The molecular formula is C10H13BrN2O5. The van der Waals surface area contributed by atoms with Crippen LogP contribution in [0.3, 0.4) is 0 Å². The third-order valence-corrected chi connectivity index (χ3v) is 2.81. The number of pyridine rings is 1. The van der Waals surface area contributed by atoms with E-state index in [1.807, 2.05) is 0 Å². The van der Waals surface area contributed by atoms with E-state index in [2.05, 4.69) is 20.9 Å². The lowest BCUT2D eigenvalue weighted by atomic mass is 10.0.